The zero-order chi connectivity index (χ0) is 27.0. The highest BCUT2D eigenvalue weighted by Gasteiger charge is 2.32. The number of nitrogens with two attached hydrogens (primary N) is 1. The maximum atomic E-state index is 13.0. The van der Waals surface area contributed by atoms with Gasteiger partial charge in [0.05, 0.1) is 11.0 Å². The predicted molar refractivity (Wildman–Crippen MR) is 143 cm³/mol. The first kappa shape index (κ1) is 29.4. The van der Waals surface area contributed by atoms with E-state index < -0.39 is 40.0 Å². The molecule has 0 fully saturated rings. The minimum atomic E-state index is -4.12. The number of nitrogen functional groups attached to an aromatic ring is 1. The number of amidine groups is 1. The molecule has 2 unspecified atom stereocenters. The number of hydrogen-bond acceptors (Lipinski definition) is 6. The van der Waals surface area contributed by atoms with Gasteiger partial charge in [0.2, 0.25) is 21.8 Å². The van der Waals surface area contributed by atoms with Crippen molar-refractivity contribution in [1.82, 2.24) is 15.4 Å². The average Bonchev–Trinajstić information content (AvgIpc) is 2.80. The predicted octanol–water partition coefficient (Wildman–Crippen LogP) is 1.85. The van der Waals surface area contributed by atoms with Crippen LogP contribution in [0.25, 0.3) is 0 Å². The maximum Gasteiger partial charge on any atom is 0.242 e. The fourth-order valence-corrected chi connectivity index (χ4v) is 4.83. The highest BCUT2D eigenvalue weighted by Crippen LogP contribution is 2.16. The zero-order valence-electron chi connectivity index (χ0n) is 20.3. The number of amides is 2. The molecule has 0 aliphatic carbocycles. The Morgan fingerprint density at radius 1 is 1.06 bits per heavy atom. The van der Waals surface area contributed by atoms with Crippen LogP contribution in [-0.2, 0) is 26.2 Å². The van der Waals surface area contributed by atoms with Gasteiger partial charge in [-0.1, -0.05) is 54.0 Å². The van der Waals surface area contributed by atoms with Crippen molar-refractivity contribution >= 4 is 43.6 Å². The molecule has 0 spiro atoms. The van der Waals surface area contributed by atoms with Gasteiger partial charge in [-0.2, -0.15) is 4.72 Å². The number of nitrogens with one attached hydrogen (secondary N) is 4. The molecule has 7 N–H and O–H groups in total. The van der Waals surface area contributed by atoms with Crippen molar-refractivity contribution in [3.63, 3.8) is 0 Å². The Balaban J connectivity index is 0.00000684. The lowest BCUT2D eigenvalue weighted by atomic mass is 10.0. The minimum absolute atomic E-state index is 0. The minimum Gasteiger partial charge on any atom is -0.391 e. The monoisotopic (exact) mass is 583 g/mol. The van der Waals surface area contributed by atoms with Gasteiger partial charge >= 0.3 is 0 Å². The molecule has 0 aromatic heterocycles. The number of hydrogen-bond donors (Lipinski definition) is 6. The van der Waals surface area contributed by atoms with E-state index in [2.05, 4.69) is 31.3 Å². The molecule has 12 heteroatoms. The molecular weight excluding hydrogens is 550 g/mol. The summed E-state index contributed by atoms with van der Waals surface area (Å²) in [6.45, 7) is 5.23. The smallest absolute Gasteiger partial charge is 0.242 e. The number of halogens is 1. The van der Waals surface area contributed by atoms with Crippen LogP contribution in [-0.4, -0.2) is 49.4 Å². The van der Waals surface area contributed by atoms with Crippen molar-refractivity contribution < 1.29 is 24.5 Å². The molecule has 0 bridgehead atoms. The number of aliphatic hydroxyl groups excluding tert-OH is 1. The number of carbonyl (C=O) groups is 2. The van der Waals surface area contributed by atoms with Crippen LogP contribution in [0.4, 0.5) is 0 Å². The number of sulfonamides is 1. The Morgan fingerprint density at radius 3 is 2.14 bits per heavy atom. The van der Waals surface area contributed by atoms with E-state index in [4.69, 9.17) is 11.1 Å². The summed E-state index contributed by atoms with van der Waals surface area (Å²) < 4.78 is 28.5. The van der Waals surface area contributed by atoms with Crippen LogP contribution >= 0.6 is 15.9 Å². The summed E-state index contributed by atoms with van der Waals surface area (Å²) in [4.78, 5) is 25.8. The summed E-state index contributed by atoms with van der Waals surface area (Å²) in [7, 11) is -4.12. The summed E-state index contributed by atoms with van der Waals surface area (Å²) in [6, 6.07) is 10.1. The van der Waals surface area contributed by atoms with Crippen molar-refractivity contribution in [3.8, 4) is 0 Å². The van der Waals surface area contributed by atoms with E-state index in [0.717, 1.165) is 5.56 Å². The molecule has 0 saturated heterocycles. The molecule has 36 heavy (non-hydrogen) atoms. The second-order valence-corrected chi connectivity index (χ2v) is 11.4. The Bertz CT molecular complexity index is 1180. The molecule has 10 nitrogen and oxygen atoms in total. The number of aliphatic hydroxyl groups is 1. The van der Waals surface area contributed by atoms with E-state index >= 15 is 0 Å². The quantitative estimate of drug-likeness (QED) is 0.164. The average molecular weight is 585 g/mol. The summed E-state index contributed by atoms with van der Waals surface area (Å²) >= 11 is 3.24. The third-order valence-electron chi connectivity index (χ3n) is 5.24. The normalized spacial score (nSPS) is 14.1. The van der Waals surface area contributed by atoms with Gasteiger partial charge in [-0.25, -0.2) is 8.42 Å². The Kier molecular flexibility index (Phi) is 10.6. The fraction of sp³-hybridized carbons (Fsp3) is 0.375. The summed E-state index contributed by atoms with van der Waals surface area (Å²) in [6.07, 6.45) is -1.06. The van der Waals surface area contributed by atoms with Crippen LogP contribution in [0.3, 0.4) is 0 Å². The molecule has 2 amide bonds. The van der Waals surface area contributed by atoms with Crippen LogP contribution in [0.5, 0.6) is 0 Å². The summed E-state index contributed by atoms with van der Waals surface area (Å²) in [5.74, 6) is -1.29. The van der Waals surface area contributed by atoms with Gasteiger partial charge in [0.1, 0.15) is 17.9 Å². The Hall–Kier alpha value is -2.80. The van der Waals surface area contributed by atoms with Crippen molar-refractivity contribution in [2.45, 2.75) is 56.8 Å². The van der Waals surface area contributed by atoms with Crippen LogP contribution in [0.15, 0.2) is 57.9 Å². The van der Waals surface area contributed by atoms with Gasteiger partial charge < -0.3 is 21.5 Å². The number of benzene rings is 2. The first-order chi connectivity index (χ1) is 16.8. The zero-order valence-corrected chi connectivity index (χ0v) is 22.7. The van der Waals surface area contributed by atoms with Crippen molar-refractivity contribution in [2.75, 3.05) is 0 Å². The van der Waals surface area contributed by atoms with Crippen LogP contribution in [0.2, 0.25) is 0 Å². The highest BCUT2D eigenvalue weighted by molar-refractivity contribution is 9.10. The Morgan fingerprint density at radius 2 is 1.64 bits per heavy atom. The molecule has 0 aliphatic rings. The lowest BCUT2D eigenvalue weighted by Crippen LogP contribution is -2.57. The fourth-order valence-electron chi connectivity index (χ4n) is 3.30. The lowest BCUT2D eigenvalue weighted by molar-refractivity contribution is -0.131. The summed E-state index contributed by atoms with van der Waals surface area (Å²) in [5.41, 5.74) is 6.78. The lowest BCUT2D eigenvalue weighted by Gasteiger charge is -2.25. The van der Waals surface area contributed by atoms with Crippen LogP contribution in [0.1, 0.15) is 39.7 Å². The topological polar surface area (TPSA) is 174 Å². The van der Waals surface area contributed by atoms with Crippen molar-refractivity contribution in [1.29, 1.82) is 5.41 Å². The number of rotatable bonds is 12. The van der Waals surface area contributed by atoms with Gasteiger partial charge in [-0.15, -0.1) is 0 Å². The van der Waals surface area contributed by atoms with E-state index in [9.17, 15) is 23.1 Å². The second-order valence-electron chi connectivity index (χ2n) is 8.81. The molecule has 2 aromatic rings. The third-order valence-corrected chi connectivity index (χ3v) is 7.23. The van der Waals surface area contributed by atoms with E-state index in [0.29, 0.717) is 16.5 Å². The van der Waals surface area contributed by atoms with Crippen molar-refractivity contribution in [2.24, 2.45) is 11.7 Å². The molecule has 0 radical (unpaired) electrons. The van der Waals surface area contributed by atoms with Gasteiger partial charge in [0, 0.05) is 18.0 Å². The first-order valence-electron chi connectivity index (χ1n) is 11.3. The first-order valence-corrected chi connectivity index (χ1v) is 13.5. The Labute approximate surface area is 221 Å². The van der Waals surface area contributed by atoms with E-state index in [1.54, 1.807) is 36.4 Å². The number of carbonyl (C=O) groups excluding carboxylic acids is 2. The largest absolute Gasteiger partial charge is 0.391 e. The van der Waals surface area contributed by atoms with E-state index in [1.165, 1.54) is 19.1 Å². The van der Waals surface area contributed by atoms with Crippen LogP contribution < -0.4 is 21.1 Å². The molecule has 2 aromatic carbocycles. The van der Waals surface area contributed by atoms with Gasteiger partial charge in [0.25, 0.3) is 0 Å². The van der Waals surface area contributed by atoms with E-state index in [-0.39, 0.29) is 24.6 Å². The molecule has 0 heterocycles. The third kappa shape index (κ3) is 8.70. The standard InChI is InChI=1S/C24H32BrN5O5S.H2/c1-14(2)12-20(23(32)28-13-16-4-6-17(7-5-16)22(26)27)29-24(33)21(15(3)31)30-36(34,35)19-10-8-18(25)9-11-19;/h4-11,14-15,20-21,30-31H,12-13H2,1-3H3,(H3,26,27)(H,28,32)(H,29,33);1H/t15?,20?,21-;/m1./s1. The molecule has 0 saturated carbocycles. The second kappa shape index (κ2) is 12.9. The van der Waals surface area contributed by atoms with E-state index in [1.807, 2.05) is 13.8 Å². The summed E-state index contributed by atoms with van der Waals surface area (Å²) in [5, 5.41) is 23.0. The molecule has 0 aliphatic heterocycles. The molecule has 3 atom stereocenters. The SMILES string of the molecule is CC(C)CC(NC(=O)[C@H](NS(=O)(=O)c1ccc(Br)cc1)C(C)O)C(=O)NCc1ccc(C(=N)N)cc1.[HH]. The molecule has 198 valence electrons. The van der Waals surface area contributed by atoms with Gasteiger partial charge in [-0.3, -0.25) is 15.0 Å². The van der Waals surface area contributed by atoms with Gasteiger partial charge in [0.15, 0.2) is 0 Å². The molecule has 2 rings (SSSR count). The highest BCUT2D eigenvalue weighted by atomic mass is 79.9. The van der Waals surface area contributed by atoms with Crippen LogP contribution in [0, 0.1) is 11.3 Å². The maximum absolute atomic E-state index is 13.0. The molecular formula is C24H34BrN5O5S. The van der Waals surface area contributed by atoms with Gasteiger partial charge in [-0.05, 0) is 49.1 Å². The van der Waals surface area contributed by atoms with Crippen molar-refractivity contribution in [3.05, 3.63) is 64.1 Å².